The third-order valence-electron chi connectivity index (χ3n) is 6.02. The second-order valence-electron chi connectivity index (χ2n) is 8.69. The summed E-state index contributed by atoms with van der Waals surface area (Å²) >= 11 is 0. The summed E-state index contributed by atoms with van der Waals surface area (Å²) in [6, 6.07) is 12.1. The zero-order chi connectivity index (χ0) is 24.2. The third-order valence-corrected chi connectivity index (χ3v) is 6.02. The van der Waals surface area contributed by atoms with E-state index in [1.54, 1.807) is 28.0 Å². The largest absolute Gasteiger partial charge is 0.485 e. The highest BCUT2D eigenvalue weighted by atomic mass is 19.1. The van der Waals surface area contributed by atoms with Gasteiger partial charge in [-0.2, -0.15) is 0 Å². The maximum atomic E-state index is 14.0. The molecule has 2 aromatic carbocycles. The van der Waals surface area contributed by atoms with Crippen LogP contribution in [-0.2, 0) is 9.59 Å². The molecule has 2 aromatic rings. The Labute approximate surface area is 197 Å². The molecule has 1 fully saturated rings. The van der Waals surface area contributed by atoms with Crippen molar-refractivity contribution in [2.24, 2.45) is 5.92 Å². The van der Waals surface area contributed by atoms with Crippen LogP contribution in [-0.4, -0.2) is 72.5 Å². The van der Waals surface area contributed by atoms with Gasteiger partial charge >= 0.3 is 0 Å². The minimum absolute atomic E-state index is 0.104. The van der Waals surface area contributed by atoms with Gasteiger partial charge in [0, 0.05) is 26.2 Å². The highest BCUT2D eigenvalue weighted by Crippen LogP contribution is 2.31. The fraction of sp³-hybridized carbons (Fsp3) is 0.400. The van der Waals surface area contributed by atoms with Crippen molar-refractivity contribution in [2.75, 3.05) is 32.8 Å². The van der Waals surface area contributed by atoms with Crippen LogP contribution in [0.1, 0.15) is 24.2 Å². The molecule has 0 radical (unpaired) electrons. The molecule has 2 aliphatic heterocycles. The molecular formula is C25H28FN3O5. The normalized spacial score (nSPS) is 18.4. The molecule has 3 amide bonds. The minimum Gasteiger partial charge on any atom is -0.485 e. The Hall–Kier alpha value is -3.62. The van der Waals surface area contributed by atoms with Gasteiger partial charge in [-0.15, -0.1) is 0 Å². The van der Waals surface area contributed by atoms with Crippen molar-refractivity contribution < 1.29 is 28.2 Å². The lowest BCUT2D eigenvalue weighted by molar-refractivity contribution is -0.147. The number of hydrogen-bond acceptors (Lipinski definition) is 5. The Balaban J connectivity index is 1.34. The quantitative estimate of drug-likeness (QED) is 0.725. The Morgan fingerprint density at radius 2 is 1.56 bits per heavy atom. The number of hydrogen-bond donors (Lipinski definition) is 1. The molecule has 2 unspecified atom stereocenters. The van der Waals surface area contributed by atoms with Gasteiger partial charge in [-0.25, -0.2) is 4.39 Å². The first-order chi connectivity index (χ1) is 16.3. The summed E-state index contributed by atoms with van der Waals surface area (Å²) in [5.74, 6) is -0.763. The number of piperazine rings is 1. The number of carbonyl (C=O) groups is 3. The summed E-state index contributed by atoms with van der Waals surface area (Å²) in [5.41, 5.74) is -0.104. The monoisotopic (exact) mass is 469 g/mol. The highest BCUT2D eigenvalue weighted by Gasteiger charge is 2.35. The summed E-state index contributed by atoms with van der Waals surface area (Å²) in [6.07, 6.45) is -0.736. The fourth-order valence-electron chi connectivity index (χ4n) is 4.07. The zero-order valence-electron chi connectivity index (χ0n) is 19.2. The van der Waals surface area contributed by atoms with Crippen LogP contribution in [0, 0.1) is 11.7 Å². The Morgan fingerprint density at radius 1 is 0.941 bits per heavy atom. The van der Waals surface area contributed by atoms with E-state index in [0.717, 1.165) is 0 Å². The van der Waals surface area contributed by atoms with E-state index in [2.05, 4.69) is 5.32 Å². The Bertz CT molecular complexity index is 1070. The molecule has 2 atom stereocenters. The number of halogens is 1. The second kappa shape index (κ2) is 10.1. The number of ether oxygens (including phenoxy) is 2. The maximum absolute atomic E-state index is 14.0. The van der Waals surface area contributed by atoms with Gasteiger partial charge in [0.2, 0.25) is 12.0 Å². The van der Waals surface area contributed by atoms with Gasteiger partial charge in [-0.1, -0.05) is 38.1 Å². The predicted octanol–water partition coefficient (Wildman–Crippen LogP) is 2.09. The second-order valence-corrected chi connectivity index (χ2v) is 8.69. The van der Waals surface area contributed by atoms with Gasteiger partial charge in [0.25, 0.3) is 11.8 Å². The molecule has 180 valence electrons. The molecule has 4 rings (SSSR count). The van der Waals surface area contributed by atoms with Crippen LogP contribution < -0.4 is 14.8 Å². The molecule has 8 nitrogen and oxygen atoms in total. The molecule has 1 saturated heterocycles. The van der Waals surface area contributed by atoms with Crippen molar-refractivity contribution in [1.29, 1.82) is 0 Å². The minimum atomic E-state index is -0.805. The molecule has 0 aliphatic carbocycles. The van der Waals surface area contributed by atoms with E-state index in [4.69, 9.17) is 9.47 Å². The van der Waals surface area contributed by atoms with E-state index in [9.17, 15) is 18.8 Å². The first-order valence-electron chi connectivity index (χ1n) is 11.4. The molecule has 0 bridgehead atoms. The lowest BCUT2D eigenvalue weighted by Gasteiger charge is -2.38. The summed E-state index contributed by atoms with van der Waals surface area (Å²) in [7, 11) is 0. The number of benzene rings is 2. The SMILES string of the molecule is CC(C)C(NC(=O)c1ccccc1F)C(=O)N1CCN(C(=O)C2COc3ccccc3O2)CC1. The molecule has 9 heteroatoms. The van der Waals surface area contributed by atoms with Crippen LogP contribution >= 0.6 is 0 Å². The van der Waals surface area contributed by atoms with E-state index in [1.165, 1.54) is 18.2 Å². The number of rotatable bonds is 5. The van der Waals surface area contributed by atoms with Crippen LogP contribution in [0.25, 0.3) is 0 Å². The van der Waals surface area contributed by atoms with Crippen LogP contribution in [0.15, 0.2) is 48.5 Å². The van der Waals surface area contributed by atoms with Gasteiger partial charge in [0.05, 0.1) is 5.56 Å². The molecule has 2 heterocycles. The maximum Gasteiger partial charge on any atom is 0.267 e. The molecular weight excluding hydrogens is 441 g/mol. The summed E-state index contributed by atoms with van der Waals surface area (Å²) in [4.78, 5) is 42.0. The van der Waals surface area contributed by atoms with Crippen LogP contribution in [0.5, 0.6) is 11.5 Å². The molecule has 1 N–H and O–H groups in total. The van der Waals surface area contributed by atoms with Gasteiger partial charge in [0.1, 0.15) is 18.5 Å². The van der Waals surface area contributed by atoms with Crippen molar-refractivity contribution in [3.63, 3.8) is 0 Å². The van der Waals surface area contributed by atoms with Crippen molar-refractivity contribution in [1.82, 2.24) is 15.1 Å². The van der Waals surface area contributed by atoms with Gasteiger partial charge in [0.15, 0.2) is 11.5 Å². The summed E-state index contributed by atoms with van der Waals surface area (Å²) < 4.78 is 25.4. The lowest BCUT2D eigenvalue weighted by Crippen LogP contribution is -2.59. The molecule has 0 spiro atoms. The van der Waals surface area contributed by atoms with Crippen LogP contribution in [0.4, 0.5) is 4.39 Å². The van der Waals surface area contributed by atoms with E-state index in [1.807, 2.05) is 26.0 Å². The average molecular weight is 470 g/mol. The standard InChI is InChI=1S/C25H28FN3O5/c1-16(2)22(27-23(30)17-7-3-4-8-18(17)26)25(32)29-13-11-28(12-14-29)24(31)21-15-33-19-9-5-6-10-20(19)34-21/h3-10,16,21-22H,11-15H2,1-2H3,(H,27,30). The fourth-order valence-corrected chi connectivity index (χ4v) is 4.07. The topological polar surface area (TPSA) is 88.2 Å². The number of amides is 3. The predicted molar refractivity (Wildman–Crippen MR) is 122 cm³/mol. The number of fused-ring (bicyclic) bond motifs is 1. The van der Waals surface area contributed by atoms with E-state index < -0.39 is 23.9 Å². The number of carbonyl (C=O) groups excluding carboxylic acids is 3. The molecule has 0 aromatic heterocycles. The van der Waals surface area contributed by atoms with Crippen molar-refractivity contribution in [3.05, 3.63) is 59.9 Å². The van der Waals surface area contributed by atoms with Gasteiger partial charge < -0.3 is 24.6 Å². The van der Waals surface area contributed by atoms with Crippen LogP contribution in [0.2, 0.25) is 0 Å². The molecule has 34 heavy (non-hydrogen) atoms. The Kier molecular flexibility index (Phi) is 7.00. The summed E-state index contributed by atoms with van der Waals surface area (Å²) in [5, 5.41) is 2.68. The molecule has 0 saturated carbocycles. The van der Waals surface area contributed by atoms with E-state index >= 15 is 0 Å². The average Bonchev–Trinajstić information content (AvgIpc) is 2.86. The van der Waals surface area contributed by atoms with Crippen molar-refractivity contribution >= 4 is 17.7 Å². The smallest absolute Gasteiger partial charge is 0.267 e. The highest BCUT2D eigenvalue weighted by molar-refractivity contribution is 5.97. The lowest BCUT2D eigenvalue weighted by atomic mass is 10.0. The summed E-state index contributed by atoms with van der Waals surface area (Å²) in [6.45, 7) is 5.12. The van der Waals surface area contributed by atoms with Gasteiger partial charge in [-0.3, -0.25) is 14.4 Å². The van der Waals surface area contributed by atoms with Crippen LogP contribution in [0.3, 0.4) is 0 Å². The van der Waals surface area contributed by atoms with Crippen molar-refractivity contribution in [3.8, 4) is 11.5 Å². The van der Waals surface area contributed by atoms with E-state index in [0.29, 0.717) is 37.7 Å². The first-order valence-corrected chi connectivity index (χ1v) is 11.4. The number of para-hydroxylation sites is 2. The van der Waals surface area contributed by atoms with Crippen molar-refractivity contribution in [2.45, 2.75) is 26.0 Å². The first kappa shape index (κ1) is 23.5. The van der Waals surface area contributed by atoms with Gasteiger partial charge in [-0.05, 0) is 30.2 Å². The number of nitrogens with zero attached hydrogens (tertiary/aromatic N) is 2. The Morgan fingerprint density at radius 3 is 2.24 bits per heavy atom. The van der Waals surface area contributed by atoms with E-state index in [-0.39, 0.29) is 29.9 Å². The third kappa shape index (κ3) is 4.98. The molecule has 2 aliphatic rings. The zero-order valence-corrected chi connectivity index (χ0v) is 19.2. The number of nitrogens with one attached hydrogen (secondary N) is 1.